The van der Waals surface area contributed by atoms with Crippen LogP contribution in [0.25, 0.3) is 0 Å². The van der Waals surface area contributed by atoms with Gasteiger partial charge in [-0.2, -0.15) is 4.31 Å². The molecule has 76 valence electrons. The Labute approximate surface area is 80.5 Å². The Bertz CT molecular complexity index is 283. The van der Waals surface area contributed by atoms with Crippen molar-refractivity contribution in [3.8, 4) is 0 Å². The summed E-state index contributed by atoms with van der Waals surface area (Å²) >= 11 is 0. The number of hydrogen-bond donors (Lipinski definition) is 0. The van der Waals surface area contributed by atoms with Crippen LogP contribution in [-0.2, 0) is 10.0 Å². The molecule has 0 aromatic rings. The molecule has 3 nitrogen and oxygen atoms in total. The van der Waals surface area contributed by atoms with E-state index in [-0.39, 0.29) is 5.41 Å². The van der Waals surface area contributed by atoms with Crippen LogP contribution in [0, 0.1) is 5.41 Å². The molecule has 0 atom stereocenters. The first kappa shape index (κ1) is 10.7. The molecule has 1 aliphatic heterocycles. The van der Waals surface area contributed by atoms with Crippen LogP contribution < -0.4 is 0 Å². The first-order valence-corrected chi connectivity index (χ1v) is 6.00. The average molecular weight is 203 g/mol. The van der Waals surface area contributed by atoms with Crippen LogP contribution in [0.15, 0.2) is 12.0 Å². The second kappa shape index (κ2) is 3.42. The minimum Gasteiger partial charge on any atom is -0.208 e. The average Bonchev–Trinajstić information content (AvgIpc) is 2.04. The fraction of sp³-hybridized carbons (Fsp3) is 0.778. The van der Waals surface area contributed by atoms with Gasteiger partial charge in [-0.15, -0.1) is 0 Å². The van der Waals surface area contributed by atoms with Gasteiger partial charge in [0.15, 0.2) is 0 Å². The molecule has 0 N–H and O–H groups in total. The summed E-state index contributed by atoms with van der Waals surface area (Å²) in [5, 5.41) is 1.03. The topological polar surface area (TPSA) is 37.4 Å². The van der Waals surface area contributed by atoms with Crippen molar-refractivity contribution in [1.82, 2.24) is 4.31 Å². The second-order valence-corrected chi connectivity index (χ2v) is 6.15. The quantitative estimate of drug-likeness (QED) is 0.683. The van der Waals surface area contributed by atoms with E-state index in [2.05, 4.69) is 20.4 Å². The molecule has 0 radical (unpaired) electrons. The number of piperidine rings is 1. The highest BCUT2D eigenvalue weighted by Crippen LogP contribution is 2.30. The molecule has 0 amide bonds. The van der Waals surface area contributed by atoms with Crippen LogP contribution in [0.3, 0.4) is 0 Å². The molecule has 1 aliphatic rings. The van der Waals surface area contributed by atoms with E-state index in [1.165, 1.54) is 4.31 Å². The second-order valence-electron chi connectivity index (χ2n) is 4.27. The molecule has 0 unspecified atom stereocenters. The van der Waals surface area contributed by atoms with E-state index in [1.807, 2.05) is 0 Å². The molecule has 1 saturated heterocycles. The van der Waals surface area contributed by atoms with Crippen LogP contribution >= 0.6 is 0 Å². The smallest absolute Gasteiger partial charge is 0.208 e. The zero-order valence-electron chi connectivity index (χ0n) is 8.28. The fourth-order valence-corrected chi connectivity index (χ4v) is 2.35. The summed E-state index contributed by atoms with van der Waals surface area (Å²) in [4.78, 5) is 0. The number of hydrogen-bond acceptors (Lipinski definition) is 2. The van der Waals surface area contributed by atoms with Gasteiger partial charge >= 0.3 is 0 Å². The van der Waals surface area contributed by atoms with E-state index in [0.29, 0.717) is 13.1 Å². The zero-order valence-corrected chi connectivity index (χ0v) is 9.10. The highest BCUT2D eigenvalue weighted by molar-refractivity contribution is 7.92. The third kappa shape index (κ3) is 2.54. The fourth-order valence-electron chi connectivity index (χ4n) is 1.45. The van der Waals surface area contributed by atoms with Crippen LogP contribution in [-0.4, -0.2) is 25.8 Å². The Balaban J connectivity index is 2.66. The highest BCUT2D eigenvalue weighted by atomic mass is 32.2. The largest absolute Gasteiger partial charge is 0.235 e. The molecular formula is C9H17NO2S. The minimum absolute atomic E-state index is 0.285. The maximum atomic E-state index is 11.4. The van der Waals surface area contributed by atoms with E-state index in [0.717, 1.165) is 18.2 Å². The molecule has 0 spiro atoms. The lowest BCUT2D eigenvalue weighted by molar-refractivity contribution is 0.197. The summed E-state index contributed by atoms with van der Waals surface area (Å²) in [5.74, 6) is 0. The number of sulfonamides is 1. The molecule has 1 heterocycles. The molecule has 4 heteroatoms. The monoisotopic (exact) mass is 203 g/mol. The Morgan fingerprint density at radius 1 is 1.31 bits per heavy atom. The molecule has 0 aromatic heterocycles. The first-order chi connectivity index (χ1) is 5.87. The van der Waals surface area contributed by atoms with Crippen LogP contribution in [0.2, 0.25) is 0 Å². The summed E-state index contributed by atoms with van der Waals surface area (Å²) in [6, 6.07) is 0. The van der Waals surface area contributed by atoms with Crippen LogP contribution in [0.1, 0.15) is 26.7 Å². The third-order valence-electron chi connectivity index (χ3n) is 2.65. The van der Waals surface area contributed by atoms with Gasteiger partial charge in [-0.1, -0.05) is 20.4 Å². The van der Waals surface area contributed by atoms with E-state index in [1.54, 1.807) is 0 Å². The minimum atomic E-state index is -3.17. The third-order valence-corrected chi connectivity index (χ3v) is 4.15. The van der Waals surface area contributed by atoms with Crippen molar-refractivity contribution in [2.45, 2.75) is 26.7 Å². The molecule has 13 heavy (non-hydrogen) atoms. The predicted octanol–water partition coefficient (Wildman–Crippen LogP) is 1.58. The van der Waals surface area contributed by atoms with Gasteiger partial charge in [0.05, 0.1) is 0 Å². The molecule has 1 fully saturated rings. The van der Waals surface area contributed by atoms with Crippen molar-refractivity contribution in [2.75, 3.05) is 13.1 Å². The van der Waals surface area contributed by atoms with Gasteiger partial charge in [0.2, 0.25) is 10.0 Å². The van der Waals surface area contributed by atoms with E-state index >= 15 is 0 Å². The van der Waals surface area contributed by atoms with Crippen molar-refractivity contribution >= 4 is 10.0 Å². The van der Waals surface area contributed by atoms with Crippen LogP contribution in [0.4, 0.5) is 0 Å². The van der Waals surface area contributed by atoms with Crippen molar-refractivity contribution in [1.29, 1.82) is 0 Å². The van der Waals surface area contributed by atoms with E-state index in [9.17, 15) is 8.42 Å². The first-order valence-electron chi connectivity index (χ1n) is 4.50. The molecule has 0 aromatic carbocycles. The van der Waals surface area contributed by atoms with Gasteiger partial charge in [-0.3, -0.25) is 0 Å². The van der Waals surface area contributed by atoms with Crippen molar-refractivity contribution < 1.29 is 8.42 Å². The van der Waals surface area contributed by atoms with Crippen molar-refractivity contribution in [3.63, 3.8) is 0 Å². The maximum absolute atomic E-state index is 11.4. The lowest BCUT2D eigenvalue weighted by Crippen LogP contribution is -2.40. The van der Waals surface area contributed by atoms with Crippen molar-refractivity contribution in [2.24, 2.45) is 5.41 Å². The SMILES string of the molecule is C=CS(=O)(=O)N1CCC(C)(C)CC1. The van der Waals surface area contributed by atoms with Crippen molar-refractivity contribution in [3.05, 3.63) is 12.0 Å². The Hall–Kier alpha value is -0.350. The molecule has 0 aliphatic carbocycles. The van der Waals surface area contributed by atoms with Gasteiger partial charge in [0.25, 0.3) is 0 Å². The van der Waals surface area contributed by atoms with Gasteiger partial charge in [-0.25, -0.2) is 8.42 Å². The summed E-state index contributed by atoms with van der Waals surface area (Å²) in [6.45, 7) is 8.91. The van der Waals surface area contributed by atoms with E-state index < -0.39 is 10.0 Å². The number of rotatable bonds is 2. The van der Waals surface area contributed by atoms with Crippen LogP contribution in [0.5, 0.6) is 0 Å². The lowest BCUT2D eigenvalue weighted by atomic mass is 9.83. The Kier molecular flexibility index (Phi) is 2.82. The summed E-state index contributed by atoms with van der Waals surface area (Å²) in [6.07, 6.45) is 1.86. The molecular weight excluding hydrogens is 186 g/mol. The van der Waals surface area contributed by atoms with Gasteiger partial charge in [0, 0.05) is 18.5 Å². The highest BCUT2D eigenvalue weighted by Gasteiger charge is 2.29. The lowest BCUT2D eigenvalue weighted by Gasteiger charge is -2.35. The standard InChI is InChI=1S/C9H17NO2S/c1-4-13(11,12)10-7-5-9(2,3)6-8-10/h4H,1,5-8H2,2-3H3. The van der Waals surface area contributed by atoms with Gasteiger partial charge in [-0.05, 0) is 18.3 Å². The van der Waals surface area contributed by atoms with E-state index in [4.69, 9.17) is 0 Å². The molecule has 1 rings (SSSR count). The van der Waals surface area contributed by atoms with Gasteiger partial charge < -0.3 is 0 Å². The normalized spacial score (nSPS) is 24.2. The maximum Gasteiger partial charge on any atom is 0.235 e. The molecule has 0 saturated carbocycles. The van der Waals surface area contributed by atoms with Gasteiger partial charge in [0.1, 0.15) is 0 Å². The zero-order chi connectivity index (χ0) is 10.1. The number of nitrogens with zero attached hydrogens (tertiary/aromatic N) is 1. The molecule has 0 bridgehead atoms. The summed E-state index contributed by atoms with van der Waals surface area (Å²) < 4.78 is 24.3. The predicted molar refractivity (Wildman–Crippen MR) is 53.7 cm³/mol. The Morgan fingerprint density at radius 3 is 2.15 bits per heavy atom. The summed E-state index contributed by atoms with van der Waals surface area (Å²) in [5.41, 5.74) is 0.285. The summed E-state index contributed by atoms with van der Waals surface area (Å²) in [7, 11) is -3.17. The Morgan fingerprint density at radius 2 is 1.77 bits per heavy atom.